The molecule has 13 heavy (non-hydrogen) atoms. The quantitative estimate of drug-likeness (QED) is 0.208. The van der Waals surface area contributed by atoms with Crippen LogP contribution in [-0.4, -0.2) is 11.1 Å². The molecule has 0 aliphatic heterocycles. The smallest absolute Gasteiger partial charge is 1.00 e. The SMILES string of the molecule is C=C(O)C(=O)Oc1ccccc1.[H-].[Na+]. The van der Waals surface area contributed by atoms with Gasteiger partial charge in [-0.1, -0.05) is 18.2 Å². The fourth-order valence-electron chi connectivity index (χ4n) is 0.654. The van der Waals surface area contributed by atoms with Gasteiger partial charge in [-0.2, -0.15) is 0 Å². The average molecular weight is 188 g/mol. The van der Waals surface area contributed by atoms with Gasteiger partial charge in [0.25, 0.3) is 0 Å². The third-order valence-electron chi connectivity index (χ3n) is 1.19. The molecule has 0 unspecified atom stereocenters. The zero-order valence-corrected chi connectivity index (χ0v) is 9.36. The van der Waals surface area contributed by atoms with E-state index in [1.165, 1.54) is 0 Å². The third-order valence-corrected chi connectivity index (χ3v) is 1.19. The van der Waals surface area contributed by atoms with E-state index in [-0.39, 0.29) is 31.0 Å². The van der Waals surface area contributed by atoms with Gasteiger partial charge in [-0.3, -0.25) is 0 Å². The normalized spacial score (nSPS) is 8.31. The first-order valence-corrected chi connectivity index (χ1v) is 3.35. The molecule has 4 heteroatoms. The van der Waals surface area contributed by atoms with Gasteiger partial charge >= 0.3 is 35.5 Å². The molecule has 64 valence electrons. The first kappa shape index (κ1) is 12.2. The summed E-state index contributed by atoms with van der Waals surface area (Å²) < 4.78 is 4.69. The Balaban J connectivity index is 0. The molecule has 1 aromatic rings. The van der Waals surface area contributed by atoms with Crippen LogP contribution in [-0.2, 0) is 4.79 Å². The maximum absolute atomic E-state index is 10.7. The average Bonchev–Trinajstić information content (AvgIpc) is 2.06. The van der Waals surface area contributed by atoms with E-state index in [0.717, 1.165) is 0 Å². The van der Waals surface area contributed by atoms with Gasteiger partial charge in [-0.25, -0.2) is 4.79 Å². The Morgan fingerprint density at radius 2 is 1.92 bits per heavy atom. The Bertz CT molecular complexity index is 300. The monoisotopic (exact) mass is 188 g/mol. The molecule has 0 saturated carbocycles. The summed E-state index contributed by atoms with van der Waals surface area (Å²) in [5.41, 5.74) is 0. The van der Waals surface area contributed by atoms with Crippen molar-refractivity contribution in [3.8, 4) is 5.75 Å². The van der Waals surface area contributed by atoms with Crippen molar-refractivity contribution < 1.29 is 45.6 Å². The fraction of sp³-hybridized carbons (Fsp3) is 0. The summed E-state index contributed by atoms with van der Waals surface area (Å²) in [5, 5.41) is 8.61. The number of aliphatic hydroxyl groups excluding tert-OH is 1. The summed E-state index contributed by atoms with van der Waals surface area (Å²) in [5.74, 6) is -1.04. The van der Waals surface area contributed by atoms with Gasteiger partial charge in [0.2, 0.25) is 0 Å². The van der Waals surface area contributed by atoms with Crippen molar-refractivity contribution in [2.24, 2.45) is 0 Å². The Labute approximate surface area is 99.8 Å². The summed E-state index contributed by atoms with van der Waals surface area (Å²) >= 11 is 0. The first-order chi connectivity index (χ1) is 5.70. The standard InChI is InChI=1S/C9H8O3.Na.H/c1-7(10)9(11)12-8-5-3-2-4-6-8;;/h2-6,10H,1H2;;/q;+1;-1. The number of hydrogen-bond acceptors (Lipinski definition) is 3. The number of carbonyl (C=O) groups excluding carboxylic acids is 1. The molecule has 0 spiro atoms. The molecule has 0 fully saturated rings. The number of benzene rings is 1. The molecular formula is C9H9NaO3. The number of ether oxygens (including phenoxy) is 1. The third kappa shape index (κ3) is 4.12. The summed E-state index contributed by atoms with van der Waals surface area (Å²) in [6.07, 6.45) is 0. The molecule has 1 rings (SSSR count). The minimum Gasteiger partial charge on any atom is -1.00 e. The summed E-state index contributed by atoms with van der Waals surface area (Å²) in [6, 6.07) is 8.47. The van der Waals surface area contributed by atoms with Crippen LogP contribution in [0, 0.1) is 0 Å². The number of aliphatic hydroxyl groups is 1. The Morgan fingerprint density at radius 1 is 1.38 bits per heavy atom. The van der Waals surface area contributed by atoms with E-state index in [0.29, 0.717) is 5.75 Å². The van der Waals surface area contributed by atoms with Gasteiger partial charge < -0.3 is 11.3 Å². The predicted molar refractivity (Wildman–Crippen MR) is 45.0 cm³/mol. The predicted octanol–water partition coefficient (Wildman–Crippen LogP) is -1.22. The minimum absolute atomic E-state index is 0. The van der Waals surface area contributed by atoms with Gasteiger partial charge in [-0.15, -0.1) is 0 Å². The number of rotatable bonds is 2. The van der Waals surface area contributed by atoms with E-state index >= 15 is 0 Å². The molecule has 1 aromatic carbocycles. The molecule has 0 aliphatic carbocycles. The van der Waals surface area contributed by atoms with Crippen LogP contribution in [0.3, 0.4) is 0 Å². The second-order valence-electron chi connectivity index (χ2n) is 2.15. The van der Waals surface area contributed by atoms with Crippen LogP contribution in [0.4, 0.5) is 0 Å². The summed E-state index contributed by atoms with van der Waals surface area (Å²) in [4.78, 5) is 10.7. The summed E-state index contributed by atoms with van der Waals surface area (Å²) in [6.45, 7) is 3.03. The largest absolute Gasteiger partial charge is 1.00 e. The van der Waals surface area contributed by atoms with Crippen molar-refractivity contribution in [1.82, 2.24) is 0 Å². The molecular weight excluding hydrogens is 179 g/mol. The van der Waals surface area contributed by atoms with E-state index < -0.39 is 11.7 Å². The van der Waals surface area contributed by atoms with E-state index in [9.17, 15) is 4.79 Å². The van der Waals surface area contributed by atoms with Gasteiger partial charge in [0.15, 0.2) is 5.76 Å². The number of carbonyl (C=O) groups is 1. The molecule has 0 aliphatic rings. The number of esters is 1. The number of hydrogen-bond donors (Lipinski definition) is 1. The van der Waals surface area contributed by atoms with Crippen LogP contribution < -0.4 is 34.3 Å². The topological polar surface area (TPSA) is 46.5 Å². The molecule has 3 nitrogen and oxygen atoms in total. The number of para-hydroxylation sites is 1. The second-order valence-corrected chi connectivity index (χ2v) is 2.15. The van der Waals surface area contributed by atoms with Crippen molar-refractivity contribution in [2.75, 3.05) is 0 Å². The molecule has 0 aromatic heterocycles. The second kappa shape index (κ2) is 5.80. The zero-order chi connectivity index (χ0) is 8.97. The van der Waals surface area contributed by atoms with Crippen LogP contribution in [0.2, 0.25) is 0 Å². The van der Waals surface area contributed by atoms with Crippen LogP contribution in [0.15, 0.2) is 42.7 Å². The molecule has 0 bridgehead atoms. The Kier molecular flexibility index (Phi) is 5.46. The Hall–Kier alpha value is -0.770. The van der Waals surface area contributed by atoms with Crippen LogP contribution in [0.25, 0.3) is 0 Å². The van der Waals surface area contributed by atoms with E-state index in [1.54, 1.807) is 30.3 Å². The van der Waals surface area contributed by atoms with Gasteiger partial charge in [0.05, 0.1) is 0 Å². The van der Waals surface area contributed by atoms with Gasteiger partial charge in [-0.05, 0) is 18.7 Å². The van der Waals surface area contributed by atoms with Crippen LogP contribution in [0.1, 0.15) is 1.43 Å². The van der Waals surface area contributed by atoms with Gasteiger partial charge in [0.1, 0.15) is 5.75 Å². The van der Waals surface area contributed by atoms with Gasteiger partial charge in [0, 0.05) is 0 Å². The minimum atomic E-state index is -0.832. The van der Waals surface area contributed by atoms with E-state index in [1.807, 2.05) is 0 Å². The molecule has 0 amide bonds. The first-order valence-electron chi connectivity index (χ1n) is 3.35. The molecule has 1 N–H and O–H groups in total. The van der Waals surface area contributed by atoms with Crippen molar-refractivity contribution in [3.63, 3.8) is 0 Å². The molecule has 0 atom stereocenters. The maximum atomic E-state index is 10.7. The van der Waals surface area contributed by atoms with E-state index in [2.05, 4.69) is 11.3 Å². The van der Waals surface area contributed by atoms with Crippen molar-refractivity contribution in [3.05, 3.63) is 42.7 Å². The van der Waals surface area contributed by atoms with E-state index in [4.69, 9.17) is 5.11 Å². The summed E-state index contributed by atoms with van der Waals surface area (Å²) in [7, 11) is 0. The fourth-order valence-corrected chi connectivity index (χ4v) is 0.654. The molecule has 0 heterocycles. The van der Waals surface area contributed by atoms with Crippen molar-refractivity contribution in [2.45, 2.75) is 0 Å². The molecule has 0 saturated heterocycles. The van der Waals surface area contributed by atoms with Crippen LogP contribution in [0.5, 0.6) is 5.75 Å². The zero-order valence-electron chi connectivity index (χ0n) is 8.36. The maximum Gasteiger partial charge on any atom is 1.00 e. The Morgan fingerprint density at radius 3 is 2.38 bits per heavy atom. The molecule has 0 radical (unpaired) electrons. The van der Waals surface area contributed by atoms with Crippen LogP contribution >= 0.6 is 0 Å². The van der Waals surface area contributed by atoms with Crippen molar-refractivity contribution >= 4 is 5.97 Å². The van der Waals surface area contributed by atoms with Crippen molar-refractivity contribution in [1.29, 1.82) is 0 Å².